The fourth-order valence-electron chi connectivity index (χ4n) is 3.50. The van der Waals surface area contributed by atoms with Crippen LogP contribution in [-0.2, 0) is 6.54 Å². The molecule has 1 aliphatic rings. The van der Waals surface area contributed by atoms with Crippen LogP contribution in [0.3, 0.4) is 0 Å². The van der Waals surface area contributed by atoms with E-state index >= 15 is 0 Å². The summed E-state index contributed by atoms with van der Waals surface area (Å²) in [7, 11) is 3.43. The zero-order chi connectivity index (χ0) is 17.9. The molecule has 5 nitrogen and oxygen atoms in total. The van der Waals surface area contributed by atoms with Crippen LogP contribution in [-0.4, -0.2) is 43.7 Å². The standard InChI is InChI=1S/C20H23N3O2S/c1-24-14-7-8-16-19(11-14)26-20(22-16)13-23-10-9-21-12-17(23)15-5-3-4-6-18(15)25-2/h3-8,11,17,21H,9-10,12-13H2,1-2H3. The number of ether oxygens (including phenoxy) is 2. The second-order valence-electron chi connectivity index (χ2n) is 6.37. The predicted molar refractivity (Wildman–Crippen MR) is 105 cm³/mol. The van der Waals surface area contributed by atoms with Crippen LogP contribution < -0.4 is 14.8 Å². The number of piperazine rings is 1. The van der Waals surface area contributed by atoms with Gasteiger partial charge in [-0.05, 0) is 24.3 Å². The highest BCUT2D eigenvalue weighted by molar-refractivity contribution is 7.18. The molecule has 0 radical (unpaired) electrons. The lowest BCUT2D eigenvalue weighted by molar-refractivity contribution is 0.151. The first-order chi connectivity index (χ1) is 12.8. The van der Waals surface area contributed by atoms with E-state index in [-0.39, 0.29) is 6.04 Å². The van der Waals surface area contributed by atoms with E-state index < -0.39 is 0 Å². The molecule has 0 saturated carbocycles. The molecule has 4 rings (SSSR count). The fraction of sp³-hybridized carbons (Fsp3) is 0.350. The third-order valence-corrected chi connectivity index (χ3v) is 5.83. The maximum absolute atomic E-state index is 5.59. The molecule has 6 heteroatoms. The summed E-state index contributed by atoms with van der Waals surface area (Å²) in [5.41, 5.74) is 2.26. The summed E-state index contributed by atoms with van der Waals surface area (Å²) in [6, 6.07) is 14.6. The molecule has 1 N–H and O–H groups in total. The van der Waals surface area contributed by atoms with Crippen LogP contribution in [0.15, 0.2) is 42.5 Å². The molecule has 1 saturated heterocycles. The fourth-order valence-corrected chi connectivity index (χ4v) is 4.53. The van der Waals surface area contributed by atoms with E-state index in [2.05, 4.69) is 28.4 Å². The number of hydrogen-bond acceptors (Lipinski definition) is 6. The van der Waals surface area contributed by atoms with Crippen LogP contribution in [0, 0.1) is 0 Å². The van der Waals surface area contributed by atoms with Crippen molar-refractivity contribution in [3.63, 3.8) is 0 Å². The molecular formula is C20H23N3O2S. The van der Waals surface area contributed by atoms with Gasteiger partial charge in [0.2, 0.25) is 0 Å². The van der Waals surface area contributed by atoms with E-state index in [4.69, 9.17) is 14.5 Å². The zero-order valence-corrected chi connectivity index (χ0v) is 15.9. The Labute approximate surface area is 157 Å². The van der Waals surface area contributed by atoms with Gasteiger partial charge < -0.3 is 14.8 Å². The highest BCUT2D eigenvalue weighted by Gasteiger charge is 2.27. The molecule has 1 aromatic heterocycles. The third kappa shape index (κ3) is 3.40. The molecule has 1 fully saturated rings. The largest absolute Gasteiger partial charge is 0.497 e. The number of nitrogens with zero attached hydrogens (tertiary/aromatic N) is 2. The van der Waals surface area contributed by atoms with Crippen LogP contribution in [0.4, 0.5) is 0 Å². The van der Waals surface area contributed by atoms with Crippen LogP contribution in [0.2, 0.25) is 0 Å². The van der Waals surface area contributed by atoms with E-state index in [1.165, 1.54) is 10.3 Å². The van der Waals surface area contributed by atoms with Gasteiger partial charge in [-0.3, -0.25) is 4.90 Å². The minimum Gasteiger partial charge on any atom is -0.497 e. The minimum absolute atomic E-state index is 0.279. The number of methoxy groups -OCH3 is 2. The maximum atomic E-state index is 5.59. The molecule has 0 amide bonds. The van der Waals surface area contributed by atoms with Gasteiger partial charge in [-0.1, -0.05) is 18.2 Å². The molecular weight excluding hydrogens is 346 g/mol. The highest BCUT2D eigenvalue weighted by Crippen LogP contribution is 2.33. The summed E-state index contributed by atoms with van der Waals surface area (Å²) in [5.74, 6) is 1.82. The molecule has 2 aromatic carbocycles. The summed E-state index contributed by atoms with van der Waals surface area (Å²) in [5, 5.41) is 4.65. The summed E-state index contributed by atoms with van der Waals surface area (Å²) in [6.45, 7) is 3.73. The first-order valence-electron chi connectivity index (χ1n) is 8.79. The summed E-state index contributed by atoms with van der Waals surface area (Å²) in [4.78, 5) is 7.31. The average molecular weight is 369 g/mol. The first-order valence-corrected chi connectivity index (χ1v) is 9.61. The Bertz CT molecular complexity index is 896. The number of rotatable bonds is 5. The van der Waals surface area contributed by atoms with Gasteiger partial charge in [-0.25, -0.2) is 4.98 Å². The second-order valence-corrected chi connectivity index (χ2v) is 7.49. The van der Waals surface area contributed by atoms with E-state index in [0.29, 0.717) is 0 Å². The molecule has 0 spiro atoms. The van der Waals surface area contributed by atoms with Crippen molar-refractivity contribution >= 4 is 21.6 Å². The molecule has 1 atom stereocenters. The average Bonchev–Trinajstić information content (AvgIpc) is 3.09. The first kappa shape index (κ1) is 17.3. The van der Waals surface area contributed by atoms with Crippen LogP contribution in [0.25, 0.3) is 10.2 Å². The molecule has 1 aliphatic heterocycles. The van der Waals surface area contributed by atoms with E-state index in [9.17, 15) is 0 Å². The van der Waals surface area contributed by atoms with E-state index in [0.717, 1.165) is 48.2 Å². The van der Waals surface area contributed by atoms with Crippen LogP contribution in [0.5, 0.6) is 11.5 Å². The number of thiazole rings is 1. The summed E-state index contributed by atoms with van der Waals surface area (Å²) < 4.78 is 12.1. The molecule has 0 aliphatic carbocycles. The van der Waals surface area contributed by atoms with Crippen molar-refractivity contribution in [3.8, 4) is 11.5 Å². The van der Waals surface area contributed by atoms with Crippen molar-refractivity contribution < 1.29 is 9.47 Å². The number of nitrogens with one attached hydrogen (secondary N) is 1. The van der Waals surface area contributed by atoms with Gasteiger partial charge in [0.25, 0.3) is 0 Å². The van der Waals surface area contributed by atoms with Gasteiger partial charge in [0.05, 0.1) is 37.0 Å². The predicted octanol–water partition coefficient (Wildman–Crippen LogP) is 3.46. The minimum atomic E-state index is 0.279. The van der Waals surface area contributed by atoms with Gasteiger partial charge in [-0.15, -0.1) is 11.3 Å². The molecule has 2 heterocycles. The van der Waals surface area contributed by atoms with Crippen molar-refractivity contribution in [3.05, 3.63) is 53.0 Å². The SMILES string of the molecule is COc1ccc2nc(CN3CCNCC3c3ccccc3OC)sc2c1. The summed E-state index contributed by atoms with van der Waals surface area (Å²) in [6.07, 6.45) is 0. The Kier molecular flexibility index (Phi) is 5.06. The van der Waals surface area contributed by atoms with Gasteiger partial charge in [0, 0.05) is 25.2 Å². The Hall–Kier alpha value is -2.15. The van der Waals surface area contributed by atoms with Gasteiger partial charge in [-0.2, -0.15) is 0 Å². The van der Waals surface area contributed by atoms with Crippen LogP contribution in [0.1, 0.15) is 16.6 Å². The van der Waals surface area contributed by atoms with Gasteiger partial charge in [0.1, 0.15) is 16.5 Å². The molecule has 3 aromatic rings. The lowest BCUT2D eigenvalue weighted by atomic mass is 10.0. The van der Waals surface area contributed by atoms with Crippen molar-refractivity contribution in [1.82, 2.24) is 15.2 Å². The number of hydrogen-bond donors (Lipinski definition) is 1. The van der Waals surface area contributed by atoms with E-state index in [1.54, 1.807) is 25.6 Å². The quantitative estimate of drug-likeness (QED) is 0.746. The number of para-hydroxylation sites is 1. The Morgan fingerprint density at radius 2 is 2.08 bits per heavy atom. The molecule has 1 unspecified atom stereocenters. The van der Waals surface area contributed by atoms with Crippen molar-refractivity contribution in [2.45, 2.75) is 12.6 Å². The van der Waals surface area contributed by atoms with Gasteiger partial charge >= 0.3 is 0 Å². The van der Waals surface area contributed by atoms with Crippen LogP contribution >= 0.6 is 11.3 Å². The van der Waals surface area contributed by atoms with Gasteiger partial charge in [0.15, 0.2) is 0 Å². The lowest BCUT2D eigenvalue weighted by Crippen LogP contribution is -2.45. The lowest BCUT2D eigenvalue weighted by Gasteiger charge is -2.36. The van der Waals surface area contributed by atoms with Crippen molar-refractivity contribution in [2.24, 2.45) is 0 Å². The Morgan fingerprint density at radius 3 is 2.92 bits per heavy atom. The monoisotopic (exact) mass is 369 g/mol. The summed E-state index contributed by atoms with van der Waals surface area (Å²) >= 11 is 1.74. The smallest absolute Gasteiger partial charge is 0.123 e. The van der Waals surface area contributed by atoms with E-state index in [1.807, 2.05) is 24.3 Å². The molecule has 136 valence electrons. The maximum Gasteiger partial charge on any atom is 0.123 e. The Balaban J connectivity index is 1.61. The van der Waals surface area contributed by atoms with Crippen molar-refractivity contribution in [2.75, 3.05) is 33.9 Å². The zero-order valence-electron chi connectivity index (χ0n) is 15.1. The topological polar surface area (TPSA) is 46.6 Å². The third-order valence-electron chi connectivity index (χ3n) is 4.83. The van der Waals surface area contributed by atoms with Crippen molar-refractivity contribution in [1.29, 1.82) is 0 Å². The number of benzene rings is 2. The normalized spacial score (nSPS) is 18.2. The highest BCUT2D eigenvalue weighted by atomic mass is 32.1. The number of aromatic nitrogens is 1. The molecule has 0 bridgehead atoms. The second kappa shape index (κ2) is 7.61. The Morgan fingerprint density at radius 1 is 1.19 bits per heavy atom. The number of fused-ring (bicyclic) bond motifs is 1. The molecule has 26 heavy (non-hydrogen) atoms.